The molecule has 0 aliphatic carbocycles. The lowest BCUT2D eigenvalue weighted by atomic mass is 10.0. The number of hydrogen-bond donors (Lipinski definition) is 0. The monoisotopic (exact) mass is 517 g/mol. The Labute approximate surface area is 230 Å². The van der Waals surface area contributed by atoms with Gasteiger partial charge in [0.05, 0.1) is 0 Å². The summed E-state index contributed by atoms with van der Waals surface area (Å²) in [6.45, 7) is 0. The van der Waals surface area contributed by atoms with E-state index in [2.05, 4.69) is 144 Å². The minimum absolute atomic E-state index is 0.936. The van der Waals surface area contributed by atoms with Crippen LogP contribution in [0.2, 0.25) is 0 Å². The van der Waals surface area contributed by atoms with E-state index in [-0.39, 0.29) is 0 Å². The van der Waals surface area contributed by atoms with Crippen molar-refractivity contribution >= 4 is 70.5 Å². The fraction of sp³-hybridized carbons (Fsp3) is 0. The molecular formula is C36H23NOS. The molecule has 0 saturated heterocycles. The van der Waals surface area contributed by atoms with Gasteiger partial charge in [0, 0.05) is 53.6 Å². The summed E-state index contributed by atoms with van der Waals surface area (Å²) in [4.78, 5) is 2.28. The van der Waals surface area contributed by atoms with Crippen molar-refractivity contribution in [3.05, 3.63) is 140 Å². The molecule has 0 aliphatic heterocycles. The molecule has 39 heavy (non-hydrogen) atoms. The van der Waals surface area contributed by atoms with Crippen molar-refractivity contribution in [2.24, 2.45) is 0 Å². The van der Waals surface area contributed by atoms with Crippen molar-refractivity contribution in [1.82, 2.24) is 0 Å². The first-order valence-electron chi connectivity index (χ1n) is 13.1. The molecule has 0 aliphatic rings. The predicted molar refractivity (Wildman–Crippen MR) is 167 cm³/mol. The van der Waals surface area contributed by atoms with Crippen LogP contribution in [-0.4, -0.2) is 0 Å². The summed E-state index contributed by atoms with van der Waals surface area (Å²) in [6.07, 6.45) is 0. The highest BCUT2D eigenvalue weighted by Gasteiger charge is 2.18. The largest absolute Gasteiger partial charge is 0.455 e. The third kappa shape index (κ3) is 3.55. The lowest BCUT2D eigenvalue weighted by Crippen LogP contribution is -2.09. The maximum Gasteiger partial charge on any atom is 0.144 e. The van der Waals surface area contributed by atoms with Gasteiger partial charge in [0.15, 0.2) is 0 Å². The first kappa shape index (κ1) is 22.2. The van der Waals surface area contributed by atoms with Crippen LogP contribution in [0.1, 0.15) is 0 Å². The van der Waals surface area contributed by atoms with Crippen LogP contribution in [0.15, 0.2) is 144 Å². The van der Waals surface area contributed by atoms with E-state index >= 15 is 0 Å². The predicted octanol–water partition coefficient (Wildman–Crippen LogP) is 11.1. The molecule has 8 rings (SSSR count). The minimum Gasteiger partial charge on any atom is -0.455 e. The van der Waals surface area contributed by atoms with Gasteiger partial charge in [0.1, 0.15) is 11.2 Å². The number of anilines is 3. The van der Waals surface area contributed by atoms with E-state index < -0.39 is 0 Å². The number of rotatable bonds is 4. The maximum atomic E-state index is 6.73. The van der Waals surface area contributed by atoms with Gasteiger partial charge in [-0.3, -0.25) is 0 Å². The summed E-state index contributed by atoms with van der Waals surface area (Å²) in [5.41, 5.74) is 7.52. The smallest absolute Gasteiger partial charge is 0.144 e. The number of nitrogens with zero attached hydrogens (tertiary/aromatic N) is 1. The fourth-order valence-corrected chi connectivity index (χ4v) is 6.79. The molecule has 184 valence electrons. The van der Waals surface area contributed by atoms with Crippen LogP contribution in [0.5, 0.6) is 0 Å². The lowest BCUT2D eigenvalue weighted by Gasteiger charge is -2.25. The second kappa shape index (κ2) is 8.87. The average Bonchev–Trinajstić information content (AvgIpc) is 3.57. The molecule has 0 unspecified atom stereocenters. The summed E-state index contributed by atoms with van der Waals surface area (Å²) in [5, 5.41) is 4.79. The van der Waals surface area contributed by atoms with Crippen LogP contribution < -0.4 is 4.90 Å². The summed E-state index contributed by atoms with van der Waals surface area (Å²) in [5.74, 6) is 0. The number of para-hydroxylation sites is 3. The molecule has 0 spiro atoms. The van der Waals surface area contributed by atoms with Gasteiger partial charge in [0.25, 0.3) is 0 Å². The highest BCUT2D eigenvalue weighted by atomic mass is 32.1. The van der Waals surface area contributed by atoms with Crippen LogP contribution >= 0.6 is 11.3 Å². The Balaban J connectivity index is 1.28. The number of thiophene rings is 1. The Hall–Kier alpha value is -4.86. The summed E-state index contributed by atoms with van der Waals surface area (Å²) in [7, 11) is 0. The Morgan fingerprint density at radius 2 is 1.05 bits per heavy atom. The standard InChI is InChI=1S/C36H23NOS/c1-3-10-25(11-4-1)37(26-12-5-2-6-13-26)27-20-18-24(19-21-27)28-15-9-16-29-30-22-23-33-34(36(30)38-35(28)29)31-14-7-8-17-32(31)39-33/h1-23H. The van der Waals surface area contributed by atoms with Crippen molar-refractivity contribution in [2.75, 3.05) is 4.90 Å². The second-order valence-electron chi connectivity index (χ2n) is 9.75. The van der Waals surface area contributed by atoms with Gasteiger partial charge in [0.2, 0.25) is 0 Å². The van der Waals surface area contributed by atoms with E-state index in [4.69, 9.17) is 4.42 Å². The number of fused-ring (bicyclic) bond motifs is 7. The summed E-state index contributed by atoms with van der Waals surface area (Å²) < 4.78 is 9.28. The van der Waals surface area contributed by atoms with Crippen LogP contribution in [0.4, 0.5) is 17.1 Å². The fourth-order valence-electron chi connectivity index (χ4n) is 5.68. The van der Waals surface area contributed by atoms with E-state index in [1.54, 1.807) is 0 Å². The number of furan rings is 1. The zero-order valence-electron chi connectivity index (χ0n) is 21.0. The highest BCUT2D eigenvalue weighted by Crippen LogP contribution is 2.44. The van der Waals surface area contributed by atoms with Crippen LogP contribution in [0.25, 0.3) is 53.2 Å². The normalized spacial score (nSPS) is 11.6. The van der Waals surface area contributed by atoms with Crippen LogP contribution in [-0.2, 0) is 0 Å². The third-order valence-electron chi connectivity index (χ3n) is 7.47. The van der Waals surface area contributed by atoms with Gasteiger partial charge in [-0.25, -0.2) is 0 Å². The molecule has 2 aromatic heterocycles. The molecule has 6 aromatic carbocycles. The van der Waals surface area contributed by atoms with Gasteiger partial charge < -0.3 is 9.32 Å². The first-order chi connectivity index (χ1) is 19.3. The van der Waals surface area contributed by atoms with Gasteiger partial charge >= 0.3 is 0 Å². The molecule has 2 nitrogen and oxygen atoms in total. The zero-order chi connectivity index (χ0) is 25.8. The molecule has 0 atom stereocenters. The molecular weight excluding hydrogens is 494 g/mol. The van der Waals surface area contributed by atoms with Crippen molar-refractivity contribution in [3.8, 4) is 11.1 Å². The molecule has 0 radical (unpaired) electrons. The Kier molecular flexibility index (Phi) is 5.04. The molecule has 0 N–H and O–H groups in total. The van der Waals surface area contributed by atoms with Gasteiger partial charge in [-0.05, 0) is 60.2 Å². The second-order valence-corrected chi connectivity index (χ2v) is 10.8. The molecule has 2 heterocycles. The van der Waals surface area contributed by atoms with Crippen molar-refractivity contribution < 1.29 is 4.42 Å². The average molecular weight is 518 g/mol. The van der Waals surface area contributed by atoms with Gasteiger partial charge in [-0.15, -0.1) is 11.3 Å². The molecule has 0 bridgehead atoms. The number of hydrogen-bond acceptors (Lipinski definition) is 3. The first-order valence-corrected chi connectivity index (χ1v) is 13.9. The van der Waals surface area contributed by atoms with E-state index in [0.717, 1.165) is 44.7 Å². The maximum absolute atomic E-state index is 6.73. The van der Waals surface area contributed by atoms with Crippen molar-refractivity contribution in [2.45, 2.75) is 0 Å². The Morgan fingerprint density at radius 1 is 0.436 bits per heavy atom. The quantitative estimate of drug-likeness (QED) is 0.231. The molecule has 3 heteroatoms. The van der Waals surface area contributed by atoms with E-state index in [1.165, 1.54) is 25.6 Å². The summed E-state index contributed by atoms with van der Waals surface area (Å²) in [6, 6.07) is 49.3. The number of benzene rings is 6. The summed E-state index contributed by atoms with van der Waals surface area (Å²) >= 11 is 1.82. The molecule has 8 aromatic rings. The van der Waals surface area contributed by atoms with Crippen molar-refractivity contribution in [1.29, 1.82) is 0 Å². The van der Waals surface area contributed by atoms with Crippen LogP contribution in [0, 0.1) is 0 Å². The Bertz CT molecular complexity index is 2070. The van der Waals surface area contributed by atoms with E-state index in [9.17, 15) is 0 Å². The van der Waals surface area contributed by atoms with Gasteiger partial charge in [-0.2, -0.15) is 0 Å². The van der Waals surface area contributed by atoms with Crippen molar-refractivity contribution in [3.63, 3.8) is 0 Å². The zero-order valence-corrected chi connectivity index (χ0v) is 21.9. The lowest BCUT2D eigenvalue weighted by molar-refractivity contribution is 0.674. The Morgan fingerprint density at radius 3 is 1.79 bits per heavy atom. The molecule has 0 amide bonds. The van der Waals surface area contributed by atoms with Gasteiger partial charge in [-0.1, -0.05) is 84.9 Å². The van der Waals surface area contributed by atoms with Crippen LogP contribution in [0.3, 0.4) is 0 Å². The van der Waals surface area contributed by atoms with E-state index in [0.29, 0.717) is 0 Å². The third-order valence-corrected chi connectivity index (χ3v) is 8.61. The molecule has 0 fully saturated rings. The highest BCUT2D eigenvalue weighted by molar-refractivity contribution is 7.26. The minimum atomic E-state index is 0.936. The molecule has 0 saturated carbocycles. The SMILES string of the molecule is c1ccc(N(c2ccccc2)c2ccc(-c3cccc4c3oc3c4ccc4sc5ccccc5c43)cc2)cc1. The topological polar surface area (TPSA) is 16.4 Å². The van der Waals surface area contributed by atoms with E-state index in [1.807, 2.05) is 11.3 Å².